The van der Waals surface area contributed by atoms with Crippen molar-refractivity contribution in [3.63, 3.8) is 0 Å². The van der Waals surface area contributed by atoms with Gasteiger partial charge in [-0.05, 0) is 39.5 Å². The van der Waals surface area contributed by atoms with E-state index >= 15 is 0 Å². The Bertz CT molecular complexity index is 671. The van der Waals surface area contributed by atoms with Crippen LogP contribution in [-0.2, 0) is 4.74 Å². The Kier molecular flexibility index (Phi) is 8.80. The number of halogens is 1. The summed E-state index contributed by atoms with van der Waals surface area (Å²) in [5.74, 6) is 0.935. The minimum Gasteiger partial charge on any atom is -0.444 e. The lowest BCUT2D eigenvalue weighted by Gasteiger charge is -2.36. The first kappa shape index (κ1) is 24.0. The fourth-order valence-corrected chi connectivity index (χ4v) is 4.22. The number of hydrogen-bond donors (Lipinski definition) is 1. The van der Waals surface area contributed by atoms with Gasteiger partial charge in [0.2, 0.25) is 0 Å². The number of guanidine groups is 1. The van der Waals surface area contributed by atoms with Gasteiger partial charge in [0.1, 0.15) is 5.60 Å². The molecule has 0 saturated carbocycles. The number of likely N-dealkylation sites (tertiary alicyclic amines) is 1. The summed E-state index contributed by atoms with van der Waals surface area (Å²) < 4.78 is 5.50. The van der Waals surface area contributed by atoms with E-state index in [9.17, 15) is 4.79 Å². The Hall–Kier alpha value is -1.30. The van der Waals surface area contributed by atoms with Gasteiger partial charge in [0, 0.05) is 57.4 Å². The van der Waals surface area contributed by atoms with E-state index in [1.165, 1.54) is 0 Å². The van der Waals surface area contributed by atoms with Gasteiger partial charge in [-0.2, -0.15) is 0 Å². The van der Waals surface area contributed by atoms with Crippen LogP contribution < -0.4 is 10.6 Å². The van der Waals surface area contributed by atoms with Gasteiger partial charge >= 0.3 is 6.09 Å². The number of carbonyl (C=O) groups excluding carboxylic acids is 1. The highest BCUT2D eigenvalue weighted by Crippen LogP contribution is 2.21. The minimum atomic E-state index is -0.465. The molecule has 2 saturated heterocycles. The van der Waals surface area contributed by atoms with E-state index in [0.29, 0.717) is 25.0 Å². The highest BCUT2D eigenvalue weighted by molar-refractivity contribution is 14.0. The van der Waals surface area contributed by atoms with Gasteiger partial charge in [-0.15, -0.1) is 35.3 Å². The van der Waals surface area contributed by atoms with Crippen LogP contribution in [0.5, 0.6) is 0 Å². The summed E-state index contributed by atoms with van der Waals surface area (Å²) in [7, 11) is 0. The van der Waals surface area contributed by atoms with E-state index in [-0.39, 0.29) is 30.1 Å². The van der Waals surface area contributed by atoms with E-state index in [1.807, 2.05) is 32.3 Å². The van der Waals surface area contributed by atoms with Gasteiger partial charge in [-0.1, -0.05) is 0 Å². The largest absolute Gasteiger partial charge is 0.444 e. The van der Waals surface area contributed by atoms with Crippen molar-refractivity contribution in [1.29, 1.82) is 0 Å². The van der Waals surface area contributed by atoms with Crippen molar-refractivity contribution in [1.82, 2.24) is 14.8 Å². The number of rotatable bonds is 3. The molecule has 10 heteroatoms. The van der Waals surface area contributed by atoms with Crippen LogP contribution >= 0.6 is 35.3 Å². The molecule has 0 bridgehead atoms. The van der Waals surface area contributed by atoms with Crippen molar-refractivity contribution < 1.29 is 9.53 Å². The molecule has 1 unspecified atom stereocenters. The van der Waals surface area contributed by atoms with E-state index in [0.717, 1.165) is 50.7 Å². The number of anilines is 1. The summed E-state index contributed by atoms with van der Waals surface area (Å²) in [6.45, 7) is 11.3. The van der Waals surface area contributed by atoms with Gasteiger partial charge in [-0.3, -0.25) is 4.99 Å². The Morgan fingerprint density at radius 3 is 2.62 bits per heavy atom. The summed E-state index contributed by atoms with van der Waals surface area (Å²) in [6, 6.07) is 0. The summed E-state index contributed by atoms with van der Waals surface area (Å²) >= 11 is 1.67. The number of hydrogen-bond acceptors (Lipinski definition) is 6. The van der Waals surface area contributed by atoms with Crippen LogP contribution in [0, 0.1) is 5.92 Å². The van der Waals surface area contributed by atoms with Crippen LogP contribution in [0.25, 0.3) is 0 Å². The van der Waals surface area contributed by atoms with Crippen molar-refractivity contribution >= 4 is 52.5 Å². The van der Waals surface area contributed by atoms with Crippen molar-refractivity contribution in [2.24, 2.45) is 16.6 Å². The van der Waals surface area contributed by atoms with Gasteiger partial charge in [0.25, 0.3) is 0 Å². The molecule has 8 nitrogen and oxygen atoms in total. The van der Waals surface area contributed by atoms with Gasteiger partial charge < -0.3 is 25.2 Å². The Morgan fingerprint density at radius 2 is 2.00 bits per heavy atom. The second-order valence-electron chi connectivity index (χ2n) is 8.42. The van der Waals surface area contributed by atoms with Crippen molar-refractivity contribution in [2.45, 2.75) is 39.2 Å². The molecule has 164 valence electrons. The topological polar surface area (TPSA) is 87.3 Å². The van der Waals surface area contributed by atoms with Crippen LogP contribution in [0.3, 0.4) is 0 Å². The van der Waals surface area contributed by atoms with Crippen LogP contribution in [0.1, 0.15) is 33.6 Å². The lowest BCUT2D eigenvalue weighted by Crippen LogP contribution is -2.51. The zero-order chi connectivity index (χ0) is 20.1. The number of piperidine rings is 1. The van der Waals surface area contributed by atoms with Crippen LogP contribution in [0.15, 0.2) is 16.6 Å². The van der Waals surface area contributed by atoms with E-state index < -0.39 is 5.60 Å². The maximum atomic E-state index is 12.3. The highest BCUT2D eigenvalue weighted by atomic mass is 127. The van der Waals surface area contributed by atoms with Crippen molar-refractivity contribution in [3.8, 4) is 0 Å². The SMILES string of the molecule is CC(C)(C)OC(=O)N1CCCC(CN=C(N)N2CCN(c3nccs3)CC2)C1.I. The highest BCUT2D eigenvalue weighted by Gasteiger charge is 2.28. The average molecular weight is 536 g/mol. The molecule has 1 aromatic heterocycles. The second-order valence-corrected chi connectivity index (χ2v) is 9.30. The molecule has 1 aromatic rings. The zero-order valence-electron chi connectivity index (χ0n) is 17.5. The van der Waals surface area contributed by atoms with Crippen molar-refractivity contribution in [2.75, 3.05) is 50.7 Å². The molecule has 29 heavy (non-hydrogen) atoms. The number of thiazole rings is 1. The molecule has 3 heterocycles. The number of aromatic nitrogens is 1. The number of aliphatic imine (C=N–C) groups is 1. The molecule has 2 N–H and O–H groups in total. The molecule has 1 atom stereocenters. The first-order valence-electron chi connectivity index (χ1n) is 9.99. The Labute approximate surface area is 194 Å². The molecule has 2 aliphatic heterocycles. The molecule has 2 fully saturated rings. The fourth-order valence-electron chi connectivity index (χ4n) is 3.53. The van der Waals surface area contributed by atoms with Gasteiger partial charge in [0.05, 0.1) is 0 Å². The number of carbonyl (C=O) groups is 1. The lowest BCUT2D eigenvalue weighted by atomic mass is 9.98. The van der Waals surface area contributed by atoms with Crippen LogP contribution in [0.4, 0.5) is 9.93 Å². The summed E-state index contributed by atoms with van der Waals surface area (Å²) in [5.41, 5.74) is 5.78. The predicted octanol–water partition coefficient (Wildman–Crippen LogP) is 2.84. The molecular weight excluding hydrogens is 503 g/mol. The van der Waals surface area contributed by atoms with Gasteiger partial charge in [0.15, 0.2) is 11.1 Å². The zero-order valence-corrected chi connectivity index (χ0v) is 20.7. The third-order valence-corrected chi connectivity index (χ3v) is 5.81. The normalized spacial score (nSPS) is 21.0. The summed E-state index contributed by atoms with van der Waals surface area (Å²) in [4.78, 5) is 27.5. The van der Waals surface area contributed by atoms with E-state index in [2.05, 4.69) is 19.8 Å². The first-order chi connectivity index (χ1) is 13.3. The monoisotopic (exact) mass is 536 g/mol. The molecule has 0 radical (unpaired) electrons. The third-order valence-electron chi connectivity index (χ3n) is 4.98. The number of amides is 1. The van der Waals surface area contributed by atoms with E-state index in [1.54, 1.807) is 16.2 Å². The average Bonchev–Trinajstić information content (AvgIpc) is 3.20. The molecular formula is C19H33IN6O2S. The third kappa shape index (κ3) is 7.16. The fraction of sp³-hybridized carbons (Fsp3) is 0.737. The molecule has 2 aliphatic rings. The molecule has 0 spiro atoms. The smallest absolute Gasteiger partial charge is 0.410 e. The first-order valence-corrected chi connectivity index (χ1v) is 10.9. The van der Waals surface area contributed by atoms with Crippen LogP contribution in [0.2, 0.25) is 0 Å². The lowest BCUT2D eigenvalue weighted by molar-refractivity contribution is 0.0170. The number of nitrogens with two attached hydrogens (primary N) is 1. The summed E-state index contributed by atoms with van der Waals surface area (Å²) in [5, 5.41) is 3.07. The molecule has 0 aromatic carbocycles. The van der Waals surface area contributed by atoms with Crippen LogP contribution in [-0.4, -0.2) is 78.3 Å². The maximum absolute atomic E-state index is 12.3. The molecule has 1 amide bonds. The predicted molar refractivity (Wildman–Crippen MR) is 128 cm³/mol. The number of nitrogens with zero attached hydrogens (tertiary/aromatic N) is 5. The Balaban J connectivity index is 0.00000300. The van der Waals surface area contributed by atoms with Crippen molar-refractivity contribution in [3.05, 3.63) is 11.6 Å². The molecule has 0 aliphatic carbocycles. The minimum absolute atomic E-state index is 0. The standard InChI is InChI=1S/C19H32N6O2S.HI/c1-19(2,3)27-18(26)25-7-4-5-15(14-25)13-22-16(20)23-8-10-24(11-9-23)17-21-6-12-28-17;/h6,12,15H,4-5,7-11,13-14H2,1-3H3,(H2,20,22);1H. The molecule has 3 rings (SSSR count). The van der Waals surface area contributed by atoms with E-state index in [4.69, 9.17) is 10.5 Å². The van der Waals surface area contributed by atoms with Gasteiger partial charge in [-0.25, -0.2) is 9.78 Å². The number of piperazine rings is 1. The quantitative estimate of drug-likeness (QED) is 0.363. The number of ether oxygens (including phenoxy) is 1. The Morgan fingerprint density at radius 1 is 1.28 bits per heavy atom. The summed E-state index contributed by atoms with van der Waals surface area (Å²) in [6.07, 6.45) is 3.65. The maximum Gasteiger partial charge on any atom is 0.410 e. The second kappa shape index (κ2) is 10.6.